The summed E-state index contributed by atoms with van der Waals surface area (Å²) >= 11 is 0. The highest BCUT2D eigenvalue weighted by atomic mass is 19.1. The first-order valence-electron chi connectivity index (χ1n) is 19.6. The summed E-state index contributed by atoms with van der Waals surface area (Å²) in [4.78, 5) is 80.0. The lowest BCUT2D eigenvalue weighted by molar-refractivity contribution is 0.0556. The van der Waals surface area contributed by atoms with Gasteiger partial charge >= 0.3 is 0 Å². The molecule has 328 valence electrons. The highest BCUT2D eigenvalue weighted by Gasteiger charge is 2.52. The monoisotopic (exact) mass is 866 g/mol. The lowest BCUT2D eigenvalue weighted by Crippen LogP contribution is -2.52. The van der Waals surface area contributed by atoms with E-state index < -0.39 is 104 Å². The Bertz CT molecular complexity index is 2540. The predicted molar refractivity (Wildman–Crippen MR) is 209 cm³/mol. The van der Waals surface area contributed by atoms with Crippen molar-refractivity contribution in [1.82, 2.24) is 29.6 Å². The summed E-state index contributed by atoms with van der Waals surface area (Å²) < 4.78 is 56.7. The Hall–Kier alpha value is -6.54. The second kappa shape index (κ2) is 15.7. The Morgan fingerprint density at radius 1 is 0.661 bits per heavy atom. The number of aromatic nitrogens is 2. The van der Waals surface area contributed by atoms with Gasteiger partial charge in [0, 0.05) is 75.4 Å². The summed E-state index contributed by atoms with van der Waals surface area (Å²) in [6.07, 6.45) is -2.16. The van der Waals surface area contributed by atoms with Gasteiger partial charge in [-0.3, -0.25) is 28.8 Å². The fourth-order valence-electron chi connectivity index (χ4n) is 9.06. The molecule has 0 aliphatic carbocycles. The zero-order valence-electron chi connectivity index (χ0n) is 33.8. The molecule has 20 heteroatoms. The van der Waals surface area contributed by atoms with E-state index in [0.29, 0.717) is 25.2 Å². The van der Waals surface area contributed by atoms with Crippen LogP contribution in [0.1, 0.15) is 117 Å². The number of amides is 4. The van der Waals surface area contributed by atoms with E-state index >= 15 is 0 Å². The standard InChI is InChI=1S/2C21H21F2N3O5/c2*1-3-25-9-21(2)7-13(27)15-14(17(28)18(29)16(20(25)31)26(15)21)19(30)24-8-10-4-5-11(22)6-12(10)23/h2*4-6,13,27,29H,3,7-9H2,1-2H3,(H,24,30)/t2*13?,21-/m10/s1. The topological polar surface area (TPSA) is 224 Å². The van der Waals surface area contributed by atoms with Crippen molar-refractivity contribution in [2.45, 2.75) is 76.9 Å². The maximum atomic E-state index is 13.9. The average molecular weight is 867 g/mol. The smallest absolute Gasteiger partial charge is 0.274 e. The first kappa shape index (κ1) is 43.5. The number of nitrogens with one attached hydrogen (secondary N) is 2. The van der Waals surface area contributed by atoms with Crippen molar-refractivity contribution in [3.8, 4) is 11.5 Å². The van der Waals surface area contributed by atoms with Gasteiger partial charge < -0.3 is 50.0 Å². The number of benzene rings is 2. The van der Waals surface area contributed by atoms with E-state index in [1.807, 2.05) is 0 Å². The van der Waals surface area contributed by atoms with Crippen molar-refractivity contribution in [3.63, 3.8) is 0 Å². The van der Waals surface area contributed by atoms with E-state index in [0.717, 1.165) is 24.3 Å². The zero-order chi connectivity index (χ0) is 45.3. The summed E-state index contributed by atoms with van der Waals surface area (Å²) in [5.41, 5.74) is -5.46. The molecule has 0 fully saturated rings. The van der Waals surface area contributed by atoms with Gasteiger partial charge in [0.1, 0.15) is 34.4 Å². The van der Waals surface area contributed by atoms with E-state index in [-0.39, 0.29) is 72.9 Å². The molecule has 0 saturated carbocycles. The minimum absolute atomic E-state index is 0.00684. The quantitative estimate of drug-likeness (QED) is 0.142. The summed E-state index contributed by atoms with van der Waals surface area (Å²) in [6.45, 7) is 7.54. The number of hydrogen-bond donors (Lipinski definition) is 6. The van der Waals surface area contributed by atoms with E-state index in [1.54, 1.807) is 27.7 Å². The molecule has 0 radical (unpaired) electrons. The van der Waals surface area contributed by atoms with Crippen molar-refractivity contribution >= 4 is 23.6 Å². The van der Waals surface area contributed by atoms with Gasteiger partial charge in [-0.25, -0.2) is 17.6 Å². The van der Waals surface area contributed by atoms with Crippen LogP contribution in [0.5, 0.6) is 11.5 Å². The minimum atomic E-state index is -1.22. The molecule has 4 amide bonds. The Morgan fingerprint density at radius 3 is 1.34 bits per heavy atom. The molecule has 0 saturated heterocycles. The van der Waals surface area contributed by atoms with Crippen molar-refractivity contribution in [3.05, 3.63) is 125 Å². The molecule has 2 aromatic heterocycles. The van der Waals surface area contributed by atoms with Gasteiger partial charge in [-0.05, 0) is 39.8 Å². The molecule has 2 unspecified atom stereocenters. The van der Waals surface area contributed by atoms with Crippen LogP contribution in [0.15, 0.2) is 46.0 Å². The van der Waals surface area contributed by atoms with Crippen LogP contribution in [-0.2, 0) is 24.2 Å². The van der Waals surface area contributed by atoms with E-state index in [1.165, 1.54) is 18.9 Å². The van der Waals surface area contributed by atoms with Crippen molar-refractivity contribution < 1.29 is 57.2 Å². The van der Waals surface area contributed by atoms with Gasteiger partial charge in [0.25, 0.3) is 23.6 Å². The number of aliphatic hydroxyl groups is 2. The fraction of sp³-hybridized carbons (Fsp3) is 0.381. The number of halogens is 4. The van der Waals surface area contributed by atoms with Gasteiger partial charge in [0.05, 0.1) is 34.7 Å². The van der Waals surface area contributed by atoms with E-state index in [2.05, 4.69) is 10.6 Å². The highest BCUT2D eigenvalue weighted by molar-refractivity contribution is 6.02. The largest absolute Gasteiger partial charge is 0.503 e. The van der Waals surface area contributed by atoms with Crippen molar-refractivity contribution in [2.75, 3.05) is 26.2 Å². The van der Waals surface area contributed by atoms with Crippen molar-refractivity contribution in [1.29, 1.82) is 0 Å². The average Bonchev–Trinajstić information content (AvgIpc) is 3.63. The van der Waals surface area contributed by atoms with Crippen molar-refractivity contribution in [2.24, 2.45) is 0 Å². The third kappa shape index (κ3) is 6.95. The molecule has 8 rings (SSSR count). The molecule has 2 aromatic carbocycles. The van der Waals surface area contributed by atoms with Gasteiger partial charge in [-0.1, -0.05) is 12.1 Å². The van der Waals surface area contributed by atoms with Crippen LogP contribution in [0.25, 0.3) is 0 Å². The van der Waals surface area contributed by atoms with Gasteiger partial charge in [0.2, 0.25) is 10.9 Å². The first-order valence-corrected chi connectivity index (χ1v) is 19.6. The molecular formula is C42H42F4N6O10. The molecule has 4 aliphatic rings. The molecule has 4 atom stereocenters. The SMILES string of the molecule is CCN1C[C@@]2(C)CC(O)c3c(C(=O)NCc4ccc(F)cc4F)c(=O)c(O)c(n32)C1=O.CCN1C[C@]2(C)CC(O)c3c(C(=O)NCc4ccc(F)cc4F)c(=O)c(O)c(n32)C1=O. The Balaban J connectivity index is 0.000000186. The normalized spacial score (nSPS) is 21.9. The number of hydrogen-bond acceptors (Lipinski definition) is 10. The summed E-state index contributed by atoms with van der Waals surface area (Å²) in [6, 6.07) is 5.71. The fourth-order valence-corrected chi connectivity index (χ4v) is 9.06. The van der Waals surface area contributed by atoms with Crippen LogP contribution >= 0.6 is 0 Å². The molecular weight excluding hydrogens is 824 g/mol. The van der Waals surface area contributed by atoms with Gasteiger partial charge in [-0.15, -0.1) is 0 Å². The minimum Gasteiger partial charge on any atom is -0.503 e. The van der Waals surface area contributed by atoms with Crippen LogP contribution in [0.2, 0.25) is 0 Å². The molecule has 6 heterocycles. The number of nitrogens with zero attached hydrogens (tertiary/aromatic N) is 4. The molecule has 6 N–H and O–H groups in total. The number of carbonyl (C=O) groups excluding carboxylic acids is 4. The Labute approximate surface area is 349 Å². The molecule has 0 bridgehead atoms. The Morgan fingerprint density at radius 2 is 1.02 bits per heavy atom. The number of pyridine rings is 2. The summed E-state index contributed by atoms with van der Waals surface area (Å²) in [7, 11) is 0. The molecule has 0 spiro atoms. The van der Waals surface area contributed by atoms with Crippen LogP contribution < -0.4 is 21.5 Å². The highest BCUT2D eigenvalue weighted by Crippen LogP contribution is 2.47. The summed E-state index contributed by atoms with van der Waals surface area (Å²) in [5, 5.41) is 47.2. The summed E-state index contributed by atoms with van der Waals surface area (Å²) in [5.74, 6) is -8.03. The van der Waals surface area contributed by atoms with E-state index in [4.69, 9.17) is 0 Å². The second-order valence-corrected chi connectivity index (χ2v) is 16.2. The van der Waals surface area contributed by atoms with Gasteiger partial charge in [-0.2, -0.15) is 0 Å². The number of carbonyl (C=O) groups is 4. The third-order valence-electron chi connectivity index (χ3n) is 11.9. The second-order valence-electron chi connectivity index (χ2n) is 16.2. The van der Waals surface area contributed by atoms with Gasteiger partial charge in [0.15, 0.2) is 22.9 Å². The number of likely N-dealkylation sites (N-methyl/N-ethyl adjacent to an activating group) is 2. The first-order chi connectivity index (χ1) is 29.2. The van der Waals surface area contributed by atoms with Crippen LogP contribution in [0.3, 0.4) is 0 Å². The maximum Gasteiger partial charge on any atom is 0.274 e. The molecule has 62 heavy (non-hydrogen) atoms. The van der Waals surface area contributed by atoms with Crippen LogP contribution in [0.4, 0.5) is 17.6 Å². The molecule has 16 nitrogen and oxygen atoms in total. The lowest BCUT2D eigenvalue weighted by atomic mass is 9.94. The maximum absolute atomic E-state index is 13.9. The van der Waals surface area contributed by atoms with Crippen LogP contribution in [-0.4, -0.2) is 89.2 Å². The molecule has 4 aromatic rings. The predicted octanol–water partition coefficient (Wildman–Crippen LogP) is 2.78. The zero-order valence-corrected chi connectivity index (χ0v) is 33.8. The Kier molecular flexibility index (Phi) is 11.1. The third-order valence-corrected chi connectivity index (χ3v) is 11.9. The lowest BCUT2D eigenvalue weighted by Gasteiger charge is -2.40. The molecule has 4 aliphatic heterocycles. The number of rotatable bonds is 8. The number of aromatic hydroxyl groups is 2. The number of aliphatic hydroxyl groups excluding tert-OH is 2. The van der Waals surface area contributed by atoms with E-state index in [9.17, 15) is 66.8 Å². The van der Waals surface area contributed by atoms with Crippen LogP contribution in [0, 0.1) is 23.3 Å².